The van der Waals surface area contributed by atoms with Gasteiger partial charge < -0.3 is 14.2 Å². The van der Waals surface area contributed by atoms with Crippen molar-refractivity contribution in [3.63, 3.8) is 0 Å². The van der Waals surface area contributed by atoms with E-state index >= 15 is 0 Å². The summed E-state index contributed by atoms with van der Waals surface area (Å²) < 4.78 is 11.5. The Hall–Kier alpha value is -1.07. The summed E-state index contributed by atoms with van der Waals surface area (Å²) in [6, 6.07) is 1.85. The molecule has 4 nitrogen and oxygen atoms in total. The average Bonchev–Trinajstić information content (AvgIpc) is 2.93. The van der Waals surface area contributed by atoms with E-state index in [0.717, 1.165) is 43.1 Å². The van der Waals surface area contributed by atoms with Crippen molar-refractivity contribution < 1.29 is 8.83 Å². The third-order valence-corrected chi connectivity index (χ3v) is 3.05. The number of aryl methyl sites for hydroxylation is 1. The van der Waals surface area contributed by atoms with Crippen LogP contribution in [0.25, 0.3) is 11.3 Å². The van der Waals surface area contributed by atoms with Crippen LogP contribution < -0.4 is 5.32 Å². The summed E-state index contributed by atoms with van der Waals surface area (Å²) in [5.41, 5.74) is 0.899. The number of nitrogens with one attached hydrogen (secondary N) is 1. The van der Waals surface area contributed by atoms with Gasteiger partial charge in [0, 0.05) is 6.42 Å². The molecule has 17 heavy (non-hydrogen) atoms. The molecule has 0 saturated carbocycles. The lowest BCUT2D eigenvalue weighted by atomic mass is 10.3. The molecule has 0 aromatic carbocycles. The molecule has 5 heteroatoms. The Labute approximate surface area is 109 Å². The van der Waals surface area contributed by atoms with E-state index in [1.807, 2.05) is 6.07 Å². The first-order chi connectivity index (χ1) is 8.31. The summed E-state index contributed by atoms with van der Waals surface area (Å²) in [4.78, 5) is 4.25. The fraction of sp³-hybridized carbons (Fsp3) is 0.417. The largest absolute Gasteiger partial charge is 0.457 e. The van der Waals surface area contributed by atoms with Crippen LogP contribution in [-0.2, 0) is 6.42 Å². The molecule has 0 aliphatic heterocycles. The minimum atomic E-state index is 0.674. The van der Waals surface area contributed by atoms with Crippen LogP contribution in [0.3, 0.4) is 0 Å². The zero-order valence-electron chi connectivity index (χ0n) is 9.70. The van der Waals surface area contributed by atoms with Crippen LogP contribution in [0.4, 0.5) is 0 Å². The topological polar surface area (TPSA) is 51.2 Å². The van der Waals surface area contributed by atoms with Crippen LogP contribution >= 0.6 is 15.9 Å². The SMILES string of the molecule is CCNCCCc1ncc(-c2ccoc2Br)o1. The molecule has 2 aromatic heterocycles. The molecule has 0 spiro atoms. The first-order valence-electron chi connectivity index (χ1n) is 5.70. The van der Waals surface area contributed by atoms with Gasteiger partial charge in [-0.25, -0.2) is 4.98 Å². The van der Waals surface area contributed by atoms with Crippen molar-refractivity contribution in [3.8, 4) is 11.3 Å². The summed E-state index contributed by atoms with van der Waals surface area (Å²) in [5.74, 6) is 1.51. The highest BCUT2D eigenvalue weighted by molar-refractivity contribution is 9.10. The zero-order chi connectivity index (χ0) is 12.1. The molecule has 2 aromatic rings. The monoisotopic (exact) mass is 298 g/mol. The second-order valence-electron chi connectivity index (χ2n) is 3.68. The molecular weight excluding hydrogens is 284 g/mol. The van der Waals surface area contributed by atoms with E-state index in [1.165, 1.54) is 0 Å². The van der Waals surface area contributed by atoms with Crippen molar-refractivity contribution in [3.05, 3.63) is 29.1 Å². The molecule has 0 amide bonds. The predicted molar refractivity (Wildman–Crippen MR) is 68.8 cm³/mol. The van der Waals surface area contributed by atoms with Gasteiger partial charge in [-0.1, -0.05) is 6.92 Å². The minimum Gasteiger partial charge on any atom is -0.457 e. The number of aromatic nitrogens is 1. The van der Waals surface area contributed by atoms with Crippen molar-refractivity contribution in [2.75, 3.05) is 13.1 Å². The summed E-state index contributed by atoms with van der Waals surface area (Å²) in [6.07, 6.45) is 5.23. The van der Waals surface area contributed by atoms with Gasteiger partial charge in [-0.3, -0.25) is 0 Å². The molecule has 1 N–H and O–H groups in total. The maximum absolute atomic E-state index is 5.66. The fourth-order valence-corrected chi connectivity index (χ4v) is 2.00. The van der Waals surface area contributed by atoms with Crippen molar-refractivity contribution in [2.45, 2.75) is 19.8 Å². The normalized spacial score (nSPS) is 10.9. The van der Waals surface area contributed by atoms with Gasteiger partial charge in [0.25, 0.3) is 0 Å². The third-order valence-electron chi connectivity index (χ3n) is 2.43. The van der Waals surface area contributed by atoms with Crippen LogP contribution in [0, 0.1) is 0 Å². The molecular formula is C12H15BrN2O2. The lowest BCUT2D eigenvalue weighted by Crippen LogP contribution is -2.14. The van der Waals surface area contributed by atoms with Gasteiger partial charge in [0.2, 0.25) is 0 Å². The molecule has 0 atom stereocenters. The Morgan fingerprint density at radius 3 is 3.06 bits per heavy atom. The van der Waals surface area contributed by atoms with Crippen LogP contribution in [0.1, 0.15) is 19.2 Å². The Morgan fingerprint density at radius 1 is 1.47 bits per heavy atom. The predicted octanol–water partition coefficient (Wildman–Crippen LogP) is 3.24. The quantitative estimate of drug-likeness (QED) is 0.832. The molecule has 0 aliphatic rings. The average molecular weight is 299 g/mol. The smallest absolute Gasteiger partial charge is 0.194 e. The number of oxazole rings is 1. The standard InChI is InChI=1S/C12H15BrN2O2/c1-2-14-6-3-4-11-15-8-10(17-11)9-5-7-16-12(9)13/h5,7-8,14H,2-4,6H2,1H3. The molecule has 0 fully saturated rings. The Kier molecular flexibility index (Phi) is 4.39. The van der Waals surface area contributed by atoms with Gasteiger partial charge >= 0.3 is 0 Å². The maximum atomic E-state index is 5.66. The summed E-state index contributed by atoms with van der Waals surface area (Å²) in [7, 11) is 0. The Balaban J connectivity index is 1.95. The van der Waals surface area contributed by atoms with E-state index in [4.69, 9.17) is 8.83 Å². The molecule has 2 heterocycles. The highest BCUT2D eigenvalue weighted by atomic mass is 79.9. The number of hydrogen-bond acceptors (Lipinski definition) is 4. The van der Waals surface area contributed by atoms with Gasteiger partial charge in [0.15, 0.2) is 16.3 Å². The van der Waals surface area contributed by atoms with Gasteiger partial charge in [0.05, 0.1) is 18.0 Å². The first kappa shape index (κ1) is 12.4. The highest BCUT2D eigenvalue weighted by Crippen LogP contribution is 2.29. The number of nitrogens with zero attached hydrogens (tertiary/aromatic N) is 1. The number of rotatable bonds is 6. The van der Waals surface area contributed by atoms with Gasteiger partial charge in [-0.2, -0.15) is 0 Å². The van der Waals surface area contributed by atoms with E-state index in [-0.39, 0.29) is 0 Å². The molecule has 0 radical (unpaired) electrons. The van der Waals surface area contributed by atoms with Crippen LogP contribution in [-0.4, -0.2) is 18.1 Å². The Morgan fingerprint density at radius 2 is 2.35 bits per heavy atom. The Bertz CT molecular complexity index is 465. The number of furan rings is 1. The zero-order valence-corrected chi connectivity index (χ0v) is 11.3. The number of halogens is 1. The maximum Gasteiger partial charge on any atom is 0.194 e. The second-order valence-corrected chi connectivity index (χ2v) is 4.40. The number of hydrogen-bond donors (Lipinski definition) is 1. The molecule has 0 aliphatic carbocycles. The first-order valence-corrected chi connectivity index (χ1v) is 6.49. The summed E-state index contributed by atoms with van der Waals surface area (Å²) in [5, 5.41) is 3.27. The van der Waals surface area contributed by atoms with Crippen molar-refractivity contribution >= 4 is 15.9 Å². The third kappa shape index (κ3) is 3.20. The lowest BCUT2D eigenvalue weighted by molar-refractivity contribution is 0.490. The van der Waals surface area contributed by atoms with Crippen molar-refractivity contribution in [2.24, 2.45) is 0 Å². The minimum absolute atomic E-state index is 0.674. The van der Waals surface area contributed by atoms with Crippen molar-refractivity contribution in [1.82, 2.24) is 10.3 Å². The van der Waals surface area contributed by atoms with Gasteiger partial charge in [-0.15, -0.1) is 0 Å². The van der Waals surface area contributed by atoms with Gasteiger partial charge in [-0.05, 0) is 41.5 Å². The molecule has 92 valence electrons. The molecule has 0 bridgehead atoms. The molecule has 0 unspecified atom stereocenters. The van der Waals surface area contributed by atoms with Gasteiger partial charge in [0.1, 0.15) is 0 Å². The van der Waals surface area contributed by atoms with E-state index in [9.17, 15) is 0 Å². The summed E-state index contributed by atoms with van der Waals surface area (Å²) in [6.45, 7) is 4.09. The van der Waals surface area contributed by atoms with E-state index in [0.29, 0.717) is 4.67 Å². The van der Waals surface area contributed by atoms with E-state index in [2.05, 4.69) is 33.2 Å². The molecule has 2 rings (SSSR count). The summed E-state index contributed by atoms with van der Waals surface area (Å²) >= 11 is 3.32. The van der Waals surface area contributed by atoms with Crippen LogP contribution in [0.15, 0.2) is 32.0 Å². The highest BCUT2D eigenvalue weighted by Gasteiger charge is 2.11. The van der Waals surface area contributed by atoms with Crippen molar-refractivity contribution in [1.29, 1.82) is 0 Å². The van der Waals surface area contributed by atoms with E-state index < -0.39 is 0 Å². The van der Waals surface area contributed by atoms with E-state index in [1.54, 1.807) is 12.5 Å². The molecule has 0 saturated heterocycles. The lowest BCUT2D eigenvalue weighted by Gasteiger charge is -1.98. The van der Waals surface area contributed by atoms with Crippen LogP contribution in [0.2, 0.25) is 0 Å². The van der Waals surface area contributed by atoms with Crippen LogP contribution in [0.5, 0.6) is 0 Å². The fourth-order valence-electron chi connectivity index (χ4n) is 1.56. The second kappa shape index (κ2) is 6.02.